The fraction of sp³-hybridized carbons (Fsp3) is 0.333. The molecule has 2 heteroatoms. The van der Waals surface area contributed by atoms with E-state index in [-0.39, 0.29) is 5.82 Å². The fourth-order valence-corrected chi connectivity index (χ4v) is 3.88. The highest BCUT2D eigenvalue weighted by molar-refractivity contribution is 5.49. The van der Waals surface area contributed by atoms with Crippen molar-refractivity contribution in [1.82, 2.24) is 0 Å². The van der Waals surface area contributed by atoms with Crippen LogP contribution in [0.5, 0.6) is 0 Å². The lowest BCUT2D eigenvalue weighted by molar-refractivity contribution is 0.598. The van der Waals surface area contributed by atoms with Crippen molar-refractivity contribution in [2.75, 3.05) is 0 Å². The van der Waals surface area contributed by atoms with Gasteiger partial charge >= 0.3 is 0 Å². The van der Waals surface area contributed by atoms with Gasteiger partial charge in [-0.2, -0.15) is 0 Å². The Bertz CT molecular complexity index is 1210. The summed E-state index contributed by atoms with van der Waals surface area (Å²) in [6, 6.07) is 18.0. The summed E-state index contributed by atoms with van der Waals surface area (Å²) < 4.78 is 28.9. The zero-order valence-electron chi connectivity index (χ0n) is 20.9. The Kier molecular flexibility index (Phi) is 10.6. The Hall–Kier alpha value is -3.36. The Morgan fingerprint density at radius 2 is 1.11 bits per heavy atom. The van der Waals surface area contributed by atoms with Gasteiger partial charge in [0.25, 0.3) is 0 Å². The first-order chi connectivity index (χ1) is 17.1. The zero-order chi connectivity index (χ0) is 24.9. The molecule has 0 heterocycles. The lowest BCUT2D eigenvalue weighted by atomic mass is 10.0. The number of halogens is 2. The maximum absolute atomic E-state index is 14.6. The maximum Gasteiger partial charge on any atom is 0.140 e. The first-order valence-electron chi connectivity index (χ1n) is 12.8. The van der Waals surface area contributed by atoms with Crippen LogP contribution in [0.3, 0.4) is 0 Å². The van der Waals surface area contributed by atoms with E-state index in [0.29, 0.717) is 16.7 Å². The maximum atomic E-state index is 14.6. The number of benzene rings is 3. The topological polar surface area (TPSA) is 0 Å². The minimum absolute atomic E-state index is 0.228. The normalized spacial score (nSPS) is 10.3. The lowest BCUT2D eigenvalue weighted by Crippen LogP contribution is -1.92. The minimum Gasteiger partial charge on any atom is -0.207 e. The molecule has 3 aromatic carbocycles. The monoisotopic (exact) mass is 468 g/mol. The molecule has 0 aliphatic carbocycles. The van der Waals surface area contributed by atoms with E-state index >= 15 is 0 Å². The fourth-order valence-electron chi connectivity index (χ4n) is 3.88. The average Bonchev–Trinajstić information content (AvgIpc) is 2.87. The summed E-state index contributed by atoms with van der Waals surface area (Å²) >= 11 is 0. The largest absolute Gasteiger partial charge is 0.207 e. The summed E-state index contributed by atoms with van der Waals surface area (Å²) in [5.41, 5.74) is 4.35. The van der Waals surface area contributed by atoms with Crippen molar-refractivity contribution in [3.8, 4) is 23.7 Å². The van der Waals surface area contributed by atoms with Gasteiger partial charge < -0.3 is 0 Å². The molecule has 3 rings (SSSR count). The molecule has 0 nitrogen and oxygen atoms in total. The number of aryl methyl sites for hydroxylation is 2. The molecule has 0 atom stereocenters. The van der Waals surface area contributed by atoms with Gasteiger partial charge in [0.15, 0.2) is 0 Å². The van der Waals surface area contributed by atoms with Crippen LogP contribution in [0.25, 0.3) is 0 Å². The summed E-state index contributed by atoms with van der Waals surface area (Å²) in [6.45, 7) is 4.35. The average molecular weight is 469 g/mol. The third kappa shape index (κ3) is 8.73. The molecule has 0 amide bonds. The molecule has 0 aliphatic heterocycles. The van der Waals surface area contributed by atoms with Crippen LogP contribution in [0, 0.1) is 35.3 Å². The van der Waals surface area contributed by atoms with Crippen molar-refractivity contribution < 1.29 is 8.78 Å². The van der Waals surface area contributed by atoms with E-state index in [2.05, 4.69) is 49.7 Å². The van der Waals surface area contributed by atoms with E-state index in [1.54, 1.807) is 18.2 Å². The van der Waals surface area contributed by atoms with Gasteiger partial charge in [-0.15, -0.1) is 0 Å². The van der Waals surface area contributed by atoms with Crippen LogP contribution in [0.4, 0.5) is 8.78 Å². The molecule has 0 bridgehead atoms. The second kappa shape index (κ2) is 14.1. The van der Waals surface area contributed by atoms with E-state index in [1.165, 1.54) is 43.4 Å². The van der Waals surface area contributed by atoms with Crippen molar-refractivity contribution in [2.45, 2.75) is 71.6 Å². The molecule has 0 aliphatic rings. The molecule has 0 unspecified atom stereocenters. The molecule has 3 aromatic rings. The van der Waals surface area contributed by atoms with Crippen molar-refractivity contribution in [3.63, 3.8) is 0 Å². The predicted octanol–water partition coefficient (Wildman–Crippen LogP) is 8.62. The van der Waals surface area contributed by atoms with Gasteiger partial charge in [0.1, 0.15) is 11.6 Å². The van der Waals surface area contributed by atoms with Gasteiger partial charge in [0, 0.05) is 16.7 Å². The van der Waals surface area contributed by atoms with Gasteiger partial charge in [-0.05, 0) is 79.3 Å². The van der Waals surface area contributed by atoms with Gasteiger partial charge in [0.05, 0.1) is 5.56 Å². The molecule has 0 saturated carbocycles. The van der Waals surface area contributed by atoms with Crippen LogP contribution >= 0.6 is 0 Å². The molecule has 0 radical (unpaired) electrons. The van der Waals surface area contributed by atoms with E-state index in [0.717, 1.165) is 43.2 Å². The van der Waals surface area contributed by atoms with Crippen molar-refractivity contribution in [2.24, 2.45) is 0 Å². The van der Waals surface area contributed by atoms with E-state index in [1.807, 2.05) is 18.2 Å². The first kappa shape index (κ1) is 26.2. The molecule has 35 heavy (non-hydrogen) atoms. The van der Waals surface area contributed by atoms with Crippen LogP contribution in [-0.4, -0.2) is 0 Å². The molecule has 0 saturated heterocycles. The van der Waals surface area contributed by atoms with Crippen LogP contribution < -0.4 is 0 Å². The quantitative estimate of drug-likeness (QED) is 0.218. The van der Waals surface area contributed by atoms with E-state index in [9.17, 15) is 8.78 Å². The zero-order valence-corrected chi connectivity index (χ0v) is 20.9. The number of unbranched alkanes of at least 4 members (excludes halogenated alkanes) is 5. The Balaban J connectivity index is 1.62. The van der Waals surface area contributed by atoms with Gasteiger partial charge in [0.2, 0.25) is 0 Å². The lowest BCUT2D eigenvalue weighted by Gasteiger charge is -2.03. The summed E-state index contributed by atoms with van der Waals surface area (Å²) in [6.07, 6.45) is 10.0. The third-order valence-electron chi connectivity index (χ3n) is 6.04. The Labute approximate surface area is 209 Å². The predicted molar refractivity (Wildman–Crippen MR) is 142 cm³/mol. The molecule has 0 aromatic heterocycles. The Morgan fingerprint density at radius 3 is 1.77 bits per heavy atom. The standard InChI is InChI=1S/C33H34F2/c1-3-5-7-9-10-26-12-14-27(15-13-26)18-21-31-23-20-29(25-33(31)35)17-16-28-19-22-30(32(34)24-28)11-8-6-4-2/h12-15,19-20,22-25H,3-11H2,1-2H3. The number of hydrogen-bond acceptors (Lipinski definition) is 0. The highest BCUT2D eigenvalue weighted by atomic mass is 19.1. The molecule has 180 valence electrons. The van der Waals surface area contributed by atoms with Gasteiger partial charge in [-0.25, -0.2) is 8.78 Å². The van der Waals surface area contributed by atoms with Crippen LogP contribution in [0.15, 0.2) is 60.7 Å². The highest BCUT2D eigenvalue weighted by Crippen LogP contribution is 2.15. The SMILES string of the molecule is CCCCCCc1ccc(C#Cc2ccc(C#Cc3ccc(CCCCC)c(F)c3)cc2F)cc1. The summed E-state index contributed by atoms with van der Waals surface area (Å²) in [5, 5.41) is 0. The minimum atomic E-state index is -0.408. The highest BCUT2D eigenvalue weighted by Gasteiger charge is 2.03. The summed E-state index contributed by atoms with van der Waals surface area (Å²) in [4.78, 5) is 0. The molecule has 0 fully saturated rings. The van der Waals surface area contributed by atoms with Crippen LogP contribution in [-0.2, 0) is 12.8 Å². The molecule has 0 N–H and O–H groups in total. The van der Waals surface area contributed by atoms with E-state index in [4.69, 9.17) is 0 Å². The summed E-state index contributed by atoms with van der Waals surface area (Å²) in [7, 11) is 0. The van der Waals surface area contributed by atoms with E-state index < -0.39 is 5.82 Å². The van der Waals surface area contributed by atoms with Crippen LogP contribution in [0.2, 0.25) is 0 Å². The van der Waals surface area contributed by atoms with Crippen LogP contribution in [0.1, 0.15) is 92.2 Å². The van der Waals surface area contributed by atoms with Gasteiger partial charge in [-0.1, -0.05) is 87.8 Å². The number of hydrogen-bond donors (Lipinski definition) is 0. The molecular formula is C33H34F2. The number of rotatable bonds is 9. The van der Waals surface area contributed by atoms with Crippen molar-refractivity contribution in [3.05, 3.63) is 106 Å². The second-order valence-electron chi connectivity index (χ2n) is 8.97. The molecule has 0 spiro atoms. The first-order valence-corrected chi connectivity index (χ1v) is 12.8. The second-order valence-corrected chi connectivity index (χ2v) is 8.97. The third-order valence-corrected chi connectivity index (χ3v) is 6.04. The van der Waals surface area contributed by atoms with Crippen molar-refractivity contribution in [1.29, 1.82) is 0 Å². The van der Waals surface area contributed by atoms with Crippen molar-refractivity contribution >= 4 is 0 Å². The van der Waals surface area contributed by atoms with Gasteiger partial charge in [-0.3, -0.25) is 0 Å². The Morgan fingerprint density at radius 1 is 0.543 bits per heavy atom. The molecular weight excluding hydrogens is 434 g/mol. The smallest absolute Gasteiger partial charge is 0.140 e. The summed E-state index contributed by atoms with van der Waals surface area (Å²) in [5.74, 6) is 11.2.